The molecule has 20 heavy (non-hydrogen) atoms. The lowest BCUT2D eigenvalue weighted by Gasteiger charge is -2.40. The lowest BCUT2D eigenvalue weighted by molar-refractivity contribution is -0.173. The van der Waals surface area contributed by atoms with Crippen LogP contribution < -0.4 is 0 Å². The van der Waals surface area contributed by atoms with Crippen LogP contribution in [0.15, 0.2) is 0 Å². The minimum atomic E-state index is -0.539. The fraction of sp³-hybridized carbons (Fsp3) is 0.857. The first-order valence-electron chi connectivity index (χ1n) is 6.81. The second-order valence-corrected chi connectivity index (χ2v) is 6.81. The zero-order valence-electron chi connectivity index (χ0n) is 13.2. The highest BCUT2D eigenvalue weighted by atomic mass is 16.6. The summed E-state index contributed by atoms with van der Waals surface area (Å²) in [7, 11) is 0. The second kappa shape index (κ2) is 5.99. The van der Waals surface area contributed by atoms with Gasteiger partial charge in [-0.05, 0) is 41.5 Å². The van der Waals surface area contributed by atoms with E-state index in [0.717, 1.165) is 0 Å². The van der Waals surface area contributed by atoms with E-state index in [4.69, 9.17) is 14.2 Å². The number of ether oxygens (including phenoxy) is 3. The van der Waals surface area contributed by atoms with Crippen molar-refractivity contribution in [3.63, 3.8) is 0 Å². The summed E-state index contributed by atoms with van der Waals surface area (Å²) >= 11 is 0. The van der Waals surface area contributed by atoms with E-state index in [2.05, 4.69) is 0 Å². The molecule has 0 aromatic rings. The van der Waals surface area contributed by atoms with Crippen LogP contribution in [0.1, 0.15) is 48.0 Å². The van der Waals surface area contributed by atoms with E-state index in [-0.39, 0.29) is 6.61 Å². The lowest BCUT2D eigenvalue weighted by Crippen LogP contribution is -2.54. The van der Waals surface area contributed by atoms with Gasteiger partial charge in [0.2, 0.25) is 0 Å². The van der Waals surface area contributed by atoms with Gasteiger partial charge < -0.3 is 14.2 Å². The normalized spacial score (nSPS) is 19.3. The van der Waals surface area contributed by atoms with Gasteiger partial charge in [-0.1, -0.05) is 0 Å². The van der Waals surface area contributed by atoms with Crippen molar-refractivity contribution in [3.8, 4) is 0 Å². The monoisotopic (exact) mass is 287 g/mol. The van der Waals surface area contributed by atoms with Gasteiger partial charge >= 0.3 is 12.1 Å². The molecule has 1 aliphatic heterocycles. The predicted molar refractivity (Wildman–Crippen MR) is 73.1 cm³/mol. The molecule has 1 atom stereocenters. The number of esters is 1. The molecule has 0 spiro atoms. The van der Waals surface area contributed by atoms with Crippen LogP contribution in [-0.2, 0) is 19.0 Å². The van der Waals surface area contributed by atoms with Crippen LogP contribution in [-0.4, -0.2) is 47.5 Å². The number of likely N-dealkylation sites (tertiary alicyclic amines) is 1. The molecule has 1 fully saturated rings. The smallest absolute Gasteiger partial charge is 0.412 e. The van der Waals surface area contributed by atoms with Crippen LogP contribution in [0.25, 0.3) is 0 Å². The summed E-state index contributed by atoms with van der Waals surface area (Å²) in [5.74, 6) is -0.437. The van der Waals surface area contributed by atoms with Crippen molar-refractivity contribution in [1.29, 1.82) is 0 Å². The molecule has 1 amide bonds. The molecular weight excluding hydrogens is 262 g/mol. The second-order valence-electron chi connectivity index (χ2n) is 6.81. The summed E-state index contributed by atoms with van der Waals surface area (Å²) in [5, 5.41) is 0. The molecule has 0 saturated carbocycles. The molecule has 1 saturated heterocycles. The number of hydrogen-bond donors (Lipinski definition) is 0. The van der Waals surface area contributed by atoms with Crippen LogP contribution in [0.5, 0.6) is 0 Å². The summed E-state index contributed by atoms with van der Waals surface area (Å²) in [6.45, 7) is 11.2. The largest absolute Gasteiger partial charge is 0.458 e. The first-order chi connectivity index (χ1) is 8.98. The SMILES string of the molecule is CC(C)(C)OC(=O)COC1CCN1C(=O)OC(C)(C)C. The van der Waals surface area contributed by atoms with Gasteiger partial charge in [-0.2, -0.15) is 0 Å². The fourth-order valence-electron chi connectivity index (χ4n) is 1.60. The van der Waals surface area contributed by atoms with Crippen molar-refractivity contribution in [2.24, 2.45) is 0 Å². The van der Waals surface area contributed by atoms with Crippen molar-refractivity contribution in [2.45, 2.75) is 65.4 Å². The molecule has 1 rings (SSSR count). The number of hydrogen-bond acceptors (Lipinski definition) is 5. The Kier molecular flexibility index (Phi) is 5.02. The van der Waals surface area contributed by atoms with E-state index < -0.39 is 29.5 Å². The Labute approximate surface area is 120 Å². The number of nitrogens with zero attached hydrogens (tertiary/aromatic N) is 1. The van der Waals surface area contributed by atoms with Gasteiger partial charge in [0.05, 0.1) is 0 Å². The maximum absolute atomic E-state index is 11.8. The van der Waals surface area contributed by atoms with Crippen LogP contribution in [0, 0.1) is 0 Å². The third kappa shape index (κ3) is 5.77. The van der Waals surface area contributed by atoms with Gasteiger partial charge in [0.15, 0.2) is 0 Å². The summed E-state index contributed by atoms with van der Waals surface area (Å²) in [5.41, 5.74) is -1.08. The van der Waals surface area contributed by atoms with Crippen molar-refractivity contribution < 1.29 is 23.8 Å². The molecule has 1 heterocycles. The quantitative estimate of drug-likeness (QED) is 0.745. The van der Waals surface area contributed by atoms with Gasteiger partial charge in [0, 0.05) is 13.0 Å². The first-order valence-corrected chi connectivity index (χ1v) is 6.81. The van der Waals surface area contributed by atoms with Crippen molar-refractivity contribution in [2.75, 3.05) is 13.2 Å². The molecule has 6 heteroatoms. The Balaban J connectivity index is 2.35. The van der Waals surface area contributed by atoms with Gasteiger partial charge in [0.25, 0.3) is 0 Å². The van der Waals surface area contributed by atoms with Crippen molar-refractivity contribution in [3.05, 3.63) is 0 Å². The first kappa shape index (κ1) is 16.8. The molecule has 0 bridgehead atoms. The van der Waals surface area contributed by atoms with Crippen LogP contribution in [0.2, 0.25) is 0 Å². The summed E-state index contributed by atoms with van der Waals surface area (Å²) < 4.78 is 15.8. The molecule has 116 valence electrons. The zero-order valence-corrected chi connectivity index (χ0v) is 13.2. The molecule has 0 aliphatic carbocycles. The zero-order chi connectivity index (χ0) is 15.6. The van der Waals surface area contributed by atoms with Crippen molar-refractivity contribution in [1.82, 2.24) is 4.90 Å². The van der Waals surface area contributed by atoms with E-state index >= 15 is 0 Å². The molecule has 6 nitrogen and oxygen atoms in total. The minimum absolute atomic E-state index is 0.165. The standard InChI is InChI=1S/C14H25NO5/c1-13(2,3)19-11(16)9-18-10-7-8-15(10)12(17)20-14(4,5)6/h10H,7-9H2,1-6H3. The van der Waals surface area contributed by atoms with E-state index in [1.165, 1.54) is 4.90 Å². The van der Waals surface area contributed by atoms with Crippen molar-refractivity contribution >= 4 is 12.1 Å². The highest BCUT2D eigenvalue weighted by molar-refractivity contribution is 5.71. The van der Waals surface area contributed by atoms with Crippen LogP contribution >= 0.6 is 0 Å². The number of rotatable bonds is 3. The Morgan fingerprint density at radius 3 is 2.00 bits per heavy atom. The molecule has 0 N–H and O–H groups in total. The molecule has 0 aromatic heterocycles. The Morgan fingerprint density at radius 2 is 1.60 bits per heavy atom. The van der Waals surface area contributed by atoms with Crippen LogP contribution in [0.4, 0.5) is 4.79 Å². The average Bonchev–Trinajstić information content (AvgIpc) is 2.08. The topological polar surface area (TPSA) is 65.1 Å². The van der Waals surface area contributed by atoms with E-state index in [1.807, 2.05) is 0 Å². The van der Waals surface area contributed by atoms with Gasteiger partial charge in [-0.25, -0.2) is 9.59 Å². The summed E-state index contributed by atoms with van der Waals surface area (Å²) in [4.78, 5) is 24.8. The van der Waals surface area contributed by atoms with E-state index in [1.54, 1.807) is 41.5 Å². The average molecular weight is 287 g/mol. The maximum atomic E-state index is 11.8. The summed E-state index contributed by atoms with van der Waals surface area (Å²) in [6.07, 6.45) is -0.127. The molecule has 0 radical (unpaired) electrons. The molecular formula is C14H25NO5. The fourth-order valence-corrected chi connectivity index (χ4v) is 1.60. The third-order valence-corrected chi connectivity index (χ3v) is 2.41. The Morgan fingerprint density at radius 1 is 1.05 bits per heavy atom. The van der Waals surface area contributed by atoms with Gasteiger partial charge in [-0.15, -0.1) is 0 Å². The molecule has 1 unspecified atom stereocenters. The lowest BCUT2D eigenvalue weighted by atomic mass is 10.2. The predicted octanol–water partition coefficient (Wildman–Crippen LogP) is 2.31. The highest BCUT2D eigenvalue weighted by Crippen LogP contribution is 2.22. The van der Waals surface area contributed by atoms with E-state index in [0.29, 0.717) is 13.0 Å². The maximum Gasteiger partial charge on any atom is 0.412 e. The highest BCUT2D eigenvalue weighted by Gasteiger charge is 2.36. The van der Waals surface area contributed by atoms with Gasteiger partial charge in [-0.3, -0.25) is 4.90 Å². The summed E-state index contributed by atoms with van der Waals surface area (Å²) in [6, 6.07) is 0. The number of carbonyl (C=O) groups excluding carboxylic acids is 2. The Hall–Kier alpha value is -1.30. The number of amides is 1. The molecule has 1 aliphatic rings. The van der Waals surface area contributed by atoms with E-state index in [9.17, 15) is 9.59 Å². The third-order valence-electron chi connectivity index (χ3n) is 2.41. The minimum Gasteiger partial charge on any atom is -0.458 e. The van der Waals surface area contributed by atoms with Crippen LogP contribution in [0.3, 0.4) is 0 Å². The van der Waals surface area contributed by atoms with Gasteiger partial charge in [0.1, 0.15) is 24.0 Å². The molecule has 0 aromatic carbocycles. The Bertz CT molecular complexity index is 367. The number of carbonyl (C=O) groups is 2.